The van der Waals surface area contributed by atoms with Gasteiger partial charge in [-0.3, -0.25) is 4.90 Å². The third-order valence-corrected chi connectivity index (χ3v) is 7.59. The van der Waals surface area contributed by atoms with Crippen molar-refractivity contribution >= 4 is 10.9 Å². The standard InChI is InChI=1S/C28H28N2O4.C4H10O/c1-32-20-7-8-24-22(12-20)23-13-26-21-14-27(33-2)28(34-16-17-3-5-19(31)6-4-17)11-18(21)9-10-30(26)15-25(23)29-24;1-3-4-5-2/h3-8,11-12,14,26,29,31H,9-10,13,15-16H2,1-2H3;3-4H2,1-2H3. The maximum Gasteiger partial charge on any atom is 0.161 e. The summed E-state index contributed by atoms with van der Waals surface area (Å²) in [7, 11) is 5.12. The van der Waals surface area contributed by atoms with Crippen LogP contribution in [0.15, 0.2) is 54.6 Å². The number of nitrogens with zero attached hydrogens (tertiary/aromatic N) is 1. The van der Waals surface area contributed by atoms with Gasteiger partial charge in [0.25, 0.3) is 0 Å². The van der Waals surface area contributed by atoms with Crippen LogP contribution in [0.1, 0.15) is 47.3 Å². The monoisotopic (exact) mass is 530 g/mol. The Morgan fingerprint density at radius 3 is 2.49 bits per heavy atom. The number of aromatic hydroxyl groups is 1. The second-order valence-corrected chi connectivity index (χ2v) is 10.1. The van der Waals surface area contributed by atoms with Gasteiger partial charge in [0.2, 0.25) is 0 Å². The van der Waals surface area contributed by atoms with E-state index in [9.17, 15) is 5.11 Å². The molecule has 206 valence electrons. The summed E-state index contributed by atoms with van der Waals surface area (Å²) >= 11 is 0. The van der Waals surface area contributed by atoms with E-state index in [0.717, 1.165) is 61.8 Å². The predicted molar refractivity (Wildman–Crippen MR) is 153 cm³/mol. The number of aromatic amines is 1. The van der Waals surface area contributed by atoms with Gasteiger partial charge in [-0.1, -0.05) is 19.1 Å². The molecule has 4 aromatic rings. The molecule has 7 heteroatoms. The molecule has 2 aliphatic heterocycles. The highest BCUT2D eigenvalue weighted by Gasteiger charge is 2.34. The summed E-state index contributed by atoms with van der Waals surface area (Å²) in [4.78, 5) is 6.20. The first-order valence-electron chi connectivity index (χ1n) is 13.6. The maximum absolute atomic E-state index is 9.51. The summed E-state index contributed by atoms with van der Waals surface area (Å²) in [6.45, 7) is 5.33. The Labute approximate surface area is 230 Å². The molecule has 0 radical (unpaired) electrons. The minimum absolute atomic E-state index is 0.254. The molecule has 2 aliphatic rings. The van der Waals surface area contributed by atoms with Crippen molar-refractivity contribution < 1.29 is 24.1 Å². The molecular formula is C32H38N2O5. The van der Waals surface area contributed by atoms with E-state index in [0.29, 0.717) is 12.6 Å². The molecule has 0 bridgehead atoms. The summed E-state index contributed by atoms with van der Waals surface area (Å²) in [5.41, 5.74) is 7.50. The molecule has 3 heterocycles. The highest BCUT2D eigenvalue weighted by atomic mass is 16.5. The molecule has 1 unspecified atom stereocenters. The fourth-order valence-electron chi connectivity index (χ4n) is 5.59. The number of phenols is 1. The average Bonchev–Trinajstić information content (AvgIpc) is 3.32. The molecule has 0 saturated heterocycles. The van der Waals surface area contributed by atoms with Crippen LogP contribution in [-0.2, 0) is 30.7 Å². The van der Waals surface area contributed by atoms with E-state index in [4.69, 9.17) is 18.9 Å². The average molecular weight is 531 g/mol. The summed E-state index contributed by atoms with van der Waals surface area (Å²) in [6.07, 6.45) is 3.05. The van der Waals surface area contributed by atoms with Crippen molar-refractivity contribution in [3.8, 4) is 23.0 Å². The van der Waals surface area contributed by atoms with Crippen LogP contribution in [0.4, 0.5) is 0 Å². The van der Waals surface area contributed by atoms with E-state index in [1.165, 1.54) is 33.3 Å². The minimum Gasteiger partial charge on any atom is -0.508 e. The number of hydrogen-bond donors (Lipinski definition) is 2. The number of ether oxygens (including phenoxy) is 4. The van der Waals surface area contributed by atoms with Gasteiger partial charge in [0, 0.05) is 49.4 Å². The van der Waals surface area contributed by atoms with Crippen LogP contribution in [-0.4, -0.2) is 49.5 Å². The fraction of sp³-hybridized carbons (Fsp3) is 0.375. The zero-order valence-electron chi connectivity index (χ0n) is 23.3. The van der Waals surface area contributed by atoms with E-state index in [1.807, 2.05) is 18.2 Å². The highest BCUT2D eigenvalue weighted by molar-refractivity contribution is 5.86. The quantitative estimate of drug-likeness (QED) is 0.298. The number of phenolic OH excluding ortho intramolecular Hbond substituents is 1. The Bertz CT molecular complexity index is 1410. The van der Waals surface area contributed by atoms with Gasteiger partial charge in [0.1, 0.15) is 18.1 Å². The summed E-state index contributed by atoms with van der Waals surface area (Å²) in [5.74, 6) is 2.66. The van der Waals surface area contributed by atoms with Crippen molar-refractivity contribution in [2.75, 3.05) is 34.5 Å². The normalized spacial score (nSPS) is 15.9. The molecule has 1 aromatic heterocycles. The minimum atomic E-state index is 0.254. The lowest BCUT2D eigenvalue weighted by Crippen LogP contribution is -2.39. The Balaban J connectivity index is 0.000000567. The number of rotatable bonds is 7. The zero-order valence-corrected chi connectivity index (χ0v) is 23.3. The number of methoxy groups -OCH3 is 3. The first kappa shape index (κ1) is 26.9. The first-order valence-corrected chi connectivity index (χ1v) is 13.6. The van der Waals surface area contributed by atoms with Crippen LogP contribution in [0.25, 0.3) is 10.9 Å². The van der Waals surface area contributed by atoms with Crippen LogP contribution >= 0.6 is 0 Å². The van der Waals surface area contributed by atoms with Gasteiger partial charge in [-0.25, -0.2) is 0 Å². The third kappa shape index (κ3) is 5.70. The lowest BCUT2D eigenvalue weighted by molar-refractivity contribution is 0.158. The molecule has 1 atom stereocenters. The van der Waals surface area contributed by atoms with Gasteiger partial charge in [-0.15, -0.1) is 0 Å². The van der Waals surface area contributed by atoms with Crippen LogP contribution in [0.2, 0.25) is 0 Å². The van der Waals surface area contributed by atoms with Gasteiger partial charge >= 0.3 is 0 Å². The van der Waals surface area contributed by atoms with E-state index in [2.05, 4.69) is 41.1 Å². The molecular weight excluding hydrogens is 492 g/mol. The molecule has 39 heavy (non-hydrogen) atoms. The lowest BCUT2D eigenvalue weighted by atomic mass is 9.85. The number of benzene rings is 3. The van der Waals surface area contributed by atoms with Crippen molar-refractivity contribution in [2.24, 2.45) is 0 Å². The second-order valence-electron chi connectivity index (χ2n) is 10.1. The number of hydrogen-bond acceptors (Lipinski definition) is 6. The number of fused-ring (bicyclic) bond motifs is 6. The highest BCUT2D eigenvalue weighted by Crippen LogP contribution is 2.44. The molecule has 2 N–H and O–H groups in total. The van der Waals surface area contributed by atoms with Crippen LogP contribution < -0.4 is 14.2 Å². The SMILES string of the molecule is CCCOC.COc1ccc2[nH]c3c(c2c1)CC1c2cc(OC)c(OCc4ccc(O)cc4)cc2CCN1C3. The Morgan fingerprint density at radius 1 is 0.974 bits per heavy atom. The van der Waals surface area contributed by atoms with E-state index >= 15 is 0 Å². The molecule has 0 amide bonds. The molecule has 3 aromatic carbocycles. The zero-order chi connectivity index (χ0) is 27.4. The summed E-state index contributed by atoms with van der Waals surface area (Å²) in [6, 6.07) is 18.0. The van der Waals surface area contributed by atoms with E-state index < -0.39 is 0 Å². The van der Waals surface area contributed by atoms with E-state index in [1.54, 1.807) is 33.5 Å². The Kier molecular flexibility index (Phi) is 8.29. The lowest BCUT2D eigenvalue weighted by Gasteiger charge is -2.40. The van der Waals surface area contributed by atoms with Crippen molar-refractivity contribution in [1.29, 1.82) is 0 Å². The Hall–Kier alpha value is -3.68. The molecule has 0 spiro atoms. The number of aromatic nitrogens is 1. The van der Waals surface area contributed by atoms with Gasteiger partial charge in [0.05, 0.1) is 14.2 Å². The number of nitrogens with one attached hydrogen (secondary N) is 1. The van der Waals surface area contributed by atoms with Crippen molar-refractivity contribution in [1.82, 2.24) is 9.88 Å². The largest absolute Gasteiger partial charge is 0.508 e. The molecule has 7 nitrogen and oxygen atoms in total. The second kappa shape index (κ2) is 12.0. The summed E-state index contributed by atoms with van der Waals surface area (Å²) in [5, 5.41) is 10.8. The predicted octanol–water partition coefficient (Wildman–Crippen LogP) is 6.17. The van der Waals surface area contributed by atoms with Crippen LogP contribution in [0, 0.1) is 0 Å². The summed E-state index contributed by atoms with van der Waals surface area (Å²) < 4.78 is 22.1. The number of H-pyrrole nitrogens is 1. The van der Waals surface area contributed by atoms with Gasteiger partial charge < -0.3 is 29.0 Å². The maximum atomic E-state index is 9.51. The first-order chi connectivity index (χ1) is 19.0. The fourth-order valence-corrected chi connectivity index (χ4v) is 5.59. The smallest absolute Gasteiger partial charge is 0.161 e. The van der Waals surface area contributed by atoms with Crippen LogP contribution in [0.3, 0.4) is 0 Å². The van der Waals surface area contributed by atoms with Crippen molar-refractivity contribution in [3.63, 3.8) is 0 Å². The van der Waals surface area contributed by atoms with Crippen LogP contribution in [0.5, 0.6) is 23.0 Å². The Morgan fingerprint density at radius 2 is 1.79 bits per heavy atom. The van der Waals surface area contributed by atoms with E-state index in [-0.39, 0.29) is 5.75 Å². The third-order valence-electron chi connectivity index (χ3n) is 7.59. The van der Waals surface area contributed by atoms with Gasteiger partial charge in [-0.2, -0.15) is 0 Å². The molecule has 0 fully saturated rings. The van der Waals surface area contributed by atoms with Crippen molar-refractivity contribution in [3.05, 3.63) is 82.5 Å². The molecule has 0 saturated carbocycles. The van der Waals surface area contributed by atoms with Gasteiger partial charge in [-0.05, 0) is 84.0 Å². The van der Waals surface area contributed by atoms with Crippen molar-refractivity contribution in [2.45, 2.75) is 45.4 Å². The molecule has 0 aliphatic carbocycles. The van der Waals surface area contributed by atoms with Gasteiger partial charge in [0.15, 0.2) is 11.5 Å². The topological polar surface area (TPSA) is 76.2 Å². The molecule has 6 rings (SSSR count).